The molecule has 0 saturated heterocycles. The van der Waals surface area contributed by atoms with Crippen molar-refractivity contribution in [1.82, 2.24) is 20.1 Å². The van der Waals surface area contributed by atoms with E-state index in [9.17, 15) is 4.79 Å². The largest absolute Gasteiger partial charge is 0.346 e. The van der Waals surface area contributed by atoms with Crippen molar-refractivity contribution in [3.63, 3.8) is 0 Å². The van der Waals surface area contributed by atoms with Gasteiger partial charge in [-0.15, -0.1) is 0 Å². The minimum Gasteiger partial charge on any atom is -0.346 e. The lowest BCUT2D eigenvalue weighted by Crippen LogP contribution is -2.25. The topological polar surface area (TPSA) is 59.8 Å². The summed E-state index contributed by atoms with van der Waals surface area (Å²) in [5.41, 5.74) is 3.76. The van der Waals surface area contributed by atoms with Gasteiger partial charge in [-0.1, -0.05) is 42.5 Å². The zero-order valence-corrected chi connectivity index (χ0v) is 16.4. The summed E-state index contributed by atoms with van der Waals surface area (Å²) in [5, 5.41) is 9.91. The second kappa shape index (κ2) is 8.10. The van der Waals surface area contributed by atoms with Gasteiger partial charge in [-0.3, -0.25) is 9.78 Å². The number of amides is 1. The molecule has 0 bridgehead atoms. The molecule has 1 amide bonds. The van der Waals surface area contributed by atoms with Crippen LogP contribution in [0.2, 0.25) is 0 Å². The van der Waals surface area contributed by atoms with Gasteiger partial charge in [0.1, 0.15) is 0 Å². The van der Waals surface area contributed by atoms with Crippen LogP contribution in [0.25, 0.3) is 22.5 Å². The molecule has 0 aliphatic carbocycles. The van der Waals surface area contributed by atoms with Crippen molar-refractivity contribution < 1.29 is 4.79 Å². The van der Waals surface area contributed by atoms with E-state index in [-0.39, 0.29) is 11.9 Å². The maximum atomic E-state index is 12.3. The molecule has 5 nitrogen and oxygen atoms in total. The Hall–Kier alpha value is -3.73. The highest BCUT2D eigenvalue weighted by Crippen LogP contribution is 2.25. The summed E-state index contributed by atoms with van der Waals surface area (Å²) in [5.74, 6) is -0.166. The molecule has 29 heavy (non-hydrogen) atoms. The Morgan fingerprint density at radius 3 is 2.69 bits per heavy atom. The summed E-state index contributed by atoms with van der Waals surface area (Å²) in [6.07, 6.45) is 6.73. The highest BCUT2D eigenvalue weighted by Gasteiger charge is 2.16. The highest BCUT2D eigenvalue weighted by atomic mass is 16.1. The molecule has 5 heteroatoms. The molecule has 0 radical (unpaired) electrons. The van der Waals surface area contributed by atoms with Crippen molar-refractivity contribution in [2.45, 2.75) is 19.9 Å². The van der Waals surface area contributed by atoms with E-state index in [1.54, 1.807) is 12.3 Å². The van der Waals surface area contributed by atoms with Gasteiger partial charge in [0.15, 0.2) is 0 Å². The monoisotopic (exact) mass is 382 g/mol. The van der Waals surface area contributed by atoms with Crippen molar-refractivity contribution in [2.24, 2.45) is 0 Å². The van der Waals surface area contributed by atoms with Gasteiger partial charge in [-0.2, -0.15) is 5.10 Å². The van der Waals surface area contributed by atoms with Crippen molar-refractivity contribution in [2.75, 3.05) is 0 Å². The average molecular weight is 382 g/mol. The van der Waals surface area contributed by atoms with Crippen molar-refractivity contribution in [3.8, 4) is 5.69 Å². The van der Waals surface area contributed by atoms with E-state index >= 15 is 0 Å². The fraction of sp³-hybridized carbons (Fsp3) is 0.125. The number of aromatic nitrogens is 3. The summed E-state index contributed by atoms with van der Waals surface area (Å²) in [7, 11) is 0. The first kappa shape index (κ1) is 18.6. The number of hydrogen-bond acceptors (Lipinski definition) is 3. The number of carbonyl (C=O) groups is 1. The first-order chi connectivity index (χ1) is 14.1. The first-order valence-corrected chi connectivity index (χ1v) is 9.56. The molecule has 144 valence electrons. The van der Waals surface area contributed by atoms with Gasteiger partial charge in [0, 0.05) is 28.9 Å². The number of hydrogen-bond donors (Lipinski definition) is 1. The summed E-state index contributed by atoms with van der Waals surface area (Å²) in [6.45, 7) is 3.99. The predicted octanol–water partition coefficient (Wildman–Crippen LogP) is 4.62. The van der Waals surface area contributed by atoms with Gasteiger partial charge >= 0.3 is 0 Å². The molecule has 0 aliphatic heterocycles. The number of pyridine rings is 1. The van der Waals surface area contributed by atoms with E-state index in [2.05, 4.69) is 39.7 Å². The molecule has 0 spiro atoms. The van der Waals surface area contributed by atoms with Gasteiger partial charge < -0.3 is 5.32 Å². The molecular weight excluding hydrogens is 360 g/mol. The third-order valence-corrected chi connectivity index (χ3v) is 4.96. The van der Waals surface area contributed by atoms with Gasteiger partial charge in [-0.25, -0.2) is 4.68 Å². The van der Waals surface area contributed by atoms with E-state index in [1.165, 1.54) is 11.5 Å². The number of fused-ring (bicyclic) bond motifs is 1. The van der Waals surface area contributed by atoms with E-state index in [1.807, 2.05) is 61.1 Å². The zero-order valence-electron chi connectivity index (χ0n) is 16.4. The van der Waals surface area contributed by atoms with Crippen LogP contribution in [0.1, 0.15) is 29.9 Å². The number of nitrogens with zero attached hydrogens (tertiary/aromatic N) is 3. The van der Waals surface area contributed by atoms with E-state index < -0.39 is 0 Å². The average Bonchev–Trinajstić information content (AvgIpc) is 3.14. The number of carbonyl (C=O) groups excluding carboxylic acids is 1. The minimum atomic E-state index is -0.167. The Morgan fingerprint density at radius 2 is 1.86 bits per heavy atom. The number of nitrogens with one attached hydrogen (secondary N) is 1. The van der Waals surface area contributed by atoms with E-state index in [0.717, 1.165) is 28.0 Å². The standard InChI is InChI=1S/C24H22N4O/c1-17(27-24(29)14-13-20-10-5-6-15-25-20)22-16-26-28(18(22)2)23-12-7-9-19-8-3-4-11-21(19)23/h3-17H,1-2H3,(H,27,29)/b14-13+/t17-/m1/s1. The lowest BCUT2D eigenvalue weighted by molar-refractivity contribution is -0.117. The van der Waals surface area contributed by atoms with Crippen LogP contribution in [0.15, 0.2) is 79.1 Å². The second-order valence-corrected chi connectivity index (χ2v) is 6.91. The van der Waals surface area contributed by atoms with Gasteiger partial charge in [0.05, 0.1) is 23.6 Å². The normalized spacial score (nSPS) is 12.3. The Bertz CT molecular complexity index is 1170. The van der Waals surface area contributed by atoms with Crippen LogP contribution in [0.3, 0.4) is 0 Å². The Kier molecular flexibility index (Phi) is 5.20. The molecular formula is C24H22N4O. The number of benzene rings is 2. The smallest absolute Gasteiger partial charge is 0.244 e. The van der Waals surface area contributed by atoms with Crippen LogP contribution >= 0.6 is 0 Å². The van der Waals surface area contributed by atoms with E-state index in [0.29, 0.717) is 0 Å². The fourth-order valence-electron chi connectivity index (χ4n) is 3.46. The van der Waals surface area contributed by atoms with Crippen LogP contribution in [0.4, 0.5) is 0 Å². The highest BCUT2D eigenvalue weighted by molar-refractivity contribution is 5.92. The Labute approximate surface area is 169 Å². The van der Waals surface area contributed by atoms with Crippen molar-refractivity contribution >= 4 is 22.8 Å². The maximum absolute atomic E-state index is 12.3. The predicted molar refractivity (Wildman–Crippen MR) is 116 cm³/mol. The third-order valence-electron chi connectivity index (χ3n) is 4.96. The quantitative estimate of drug-likeness (QED) is 0.513. The maximum Gasteiger partial charge on any atom is 0.244 e. The summed E-state index contributed by atoms with van der Waals surface area (Å²) < 4.78 is 1.93. The molecule has 4 aromatic rings. The lowest BCUT2D eigenvalue weighted by Gasteiger charge is -2.13. The molecule has 2 aromatic heterocycles. The van der Waals surface area contributed by atoms with Crippen molar-refractivity contribution in [3.05, 3.63) is 96.1 Å². The lowest BCUT2D eigenvalue weighted by atomic mass is 10.1. The molecule has 2 heterocycles. The zero-order chi connectivity index (χ0) is 20.2. The van der Waals surface area contributed by atoms with Crippen LogP contribution in [-0.4, -0.2) is 20.7 Å². The first-order valence-electron chi connectivity index (χ1n) is 9.56. The van der Waals surface area contributed by atoms with Gasteiger partial charge in [0.2, 0.25) is 5.91 Å². The van der Waals surface area contributed by atoms with Gasteiger partial charge in [-0.05, 0) is 43.5 Å². The summed E-state index contributed by atoms with van der Waals surface area (Å²) in [4.78, 5) is 16.5. The molecule has 0 aliphatic rings. The van der Waals surface area contributed by atoms with E-state index in [4.69, 9.17) is 0 Å². The van der Waals surface area contributed by atoms with Crippen LogP contribution in [0.5, 0.6) is 0 Å². The molecule has 0 unspecified atom stereocenters. The molecule has 0 fully saturated rings. The van der Waals surface area contributed by atoms with Crippen LogP contribution in [-0.2, 0) is 4.79 Å². The Morgan fingerprint density at radius 1 is 1.07 bits per heavy atom. The molecule has 1 N–H and O–H groups in total. The van der Waals surface area contributed by atoms with Crippen LogP contribution < -0.4 is 5.32 Å². The second-order valence-electron chi connectivity index (χ2n) is 6.91. The molecule has 4 rings (SSSR count). The van der Waals surface area contributed by atoms with Crippen molar-refractivity contribution in [1.29, 1.82) is 0 Å². The molecule has 0 saturated carbocycles. The SMILES string of the molecule is Cc1c([C@@H](C)NC(=O)/C=C/c2ccccn2)cnn1-c1cccc2ccccc12. The third kappa shape index (κ3) is 3.94. The fourth-order valence-corrected chi connectivity index (χ4v) is 3.46. The van der Waals surface area contributed by atoms with Gasteiger partial charge in [0.25, 0.3) is 0 Å². The number of rotatable bonds is 5. The summed E-state index contributed by atoms with van der Waals surface area (Å²) in [6, 6.07) is 19.9. The minimum absolute atomic E-state index is 0.166. The molecule has 2 aromatic carbocycles. The summed E-state index contributed by atoms with van der Waals surface area (Å²) >= 11 is 0. The molecule has 1 atom stereocenters. The Balaban J connectivity index is 1.55. The van der Waals surface area contributed by atoms with Crippen LogP contribution in [0, 0.1) is 6.92 Å².